The van der Waals surface area contributed by atoms with Crippen LogP contribution in [-0.4, -0.2) is 17.3 Å². The fraction of sp³-hybridized carbons (Fsp3) is 0.333. The molecule has 2 aromatic rings. The van der Waals surface area contributed by atoms with Crippen molar-refractivity contribution in [2.75, 3.05) is 7.11 Å². The van der Waals surface area contributed by atoms with Crippen LogP contribution in [0.25, 0.3) is 0 Å². The molecule has 0 saturated heterocycles. The lowest BCUT2D eigenvalue weighted by Gasteiger charge is -2.17. The van der Waals surface area contributed by atoms with Gasteiger partial charge in [-0.05, 0) is 32.0 Å². The van der Waals surface area contributed by atoms with Gasteiger partial charge >= 0.3 is 0 Å². The average molecular weight is 257 g/mol. The molecular weight excluding hydrogens is 238 g/mol. The number of nitrogens with zero attached hydrogens (tertiary/aromatic N) is 2. The Morgan fingerprint density at radius 1 is 1.32 bits per heavy atom. The van der Waals surface area contributed by atoms with Crippen LogP contribution in [0.5, 0.6) is 5.75 Å². The van der Waals surface area contributed by atoms with Crippen molar-refractivity contribution in [3.05, 3.63) is 53.3 Å². The minimum atomic E-state index is 0.192. The maximum absolute atomic E-state index is 5.41. The van der Waals surface area contributed by atoms with E-state index in [1.54, 1.807) is 13.3 Å². The van der Waals surface area contributed by atoms with Crippen LogP contribution in [-0.2, 0) is 6.54 Å². The zero-order valence-electron chi connectivity index (χ0n) is 11.6. The topological polar surface area (TPSA) is 47.0 Å². The largest absolute Gasteiger partial charge is 0.496 e. The van der Waals surface area contributed by atoms with Crippen LogP contribution in [0.15, 0.2) is 36.5 Å². The number of rotatable bonds is 5. The Morgan fingerprint density at radius 3 is 2.84 bits per heavy atom. The van der Waals surface area contributed by atoms with Crippen molar-refractivity contribution in [3.63, 3.8) is 0 Å². The second-order valence-corrected chi connectivity index (χ2v) is 4.56. The average Bonchev–Trinajstić information content (AvgIpc) is 2.46. The summed E-state index contributed by atoms with van der Waals surface area (Å²) in [4.78, 5) is 0. The zero-order chi connectivity index (χ0) is 13.7. The molecule has 1 atom stereocenters. The molecule has 0 spiro atoms. The molecule has 100 valence electrons. The third-order valence-corrected chi connectivity index (χ3v) is 3.07. The summed E-state index contributed by atoms with van der Waals surface area (Å²) >= 11 is 0. The third kappa shape index (κ3) is 3.51. The predicted molar refractivity (Wildman–Crippen MR) is 75.0 cm³/mol. The quantitative estimate of drug-likeness (QED) is 0.894. The van der Waals surface area contributed by atoms with Crippen molar-refractivity contribution in [2.24, 2.45) is 0 Å². The molecule has 0 aliphatic rings. The lowest BCUT2D eigenvalue weighted by Crippen LogP contribution is -2.19. The van der Waals surface area contributed by atoms with Crippen LogP contribution in [0.4, 0.5) is 0 Å². The highest BCUT2D eigenvalue weighted by atomic mass is 16.5. The van der Waals surface area contributed by atoms with Gasteiger partial charge in [0.15, 0.2) is 0 Å². The van der Waals surface area contributed by atoms with Crippen LogP contribution in [0.3, 0.4) is 0 Å². The Hall–Kier alpha value is -1.94. The predicted octanol–water partition coefficient (Wildman–Crippen LogP) is 2.64. The Morgan fingerprint density at radius 2 is 2.16 bits per heavy atom. The minimum absolute atomic E-state index is 0.192. The summed E-state index contributed by atoms with van der Waals surface area (Å²) in [7, 11) is 1.70. The van der Waals surface area contributed by atoms with Crippen molar-refractivity contribution in [1.29, 1.82) is 0 Å². The molecule has 0 fully saturated rings. The van der Waals surface area contributed by atoms with Crippen LogP contribution in [0.2, 0.25) is 0 Å². The number of methoxy groups -OCH3 is 1. The van der Waals surface area contributed by atoms with Gasteiger partial charge in [-0.2, -0.15) is 10.2 Å². The molecule has 1 N–H and O–H groups in total. The van der Waals surface area contributed by atoms with E-state index in [4.69, 9.17) is 4.74 Å². The molecule has 1 aromatic carbocycles. The Kier molecular flexibility index (Phi) is 4.47. The highest BCUT2D eigenvalue weighted by molar-refractivity contribution is 5.38. The molecule has 4 heteroatoms. The Balaban J connectivity index is 2.07. The minimum Gasteiger partial charge on any atom is -0.496 e. The van der Waals surface area contributed by atoms with E-state index in [0.29, 0.717) is 6.54 Å². The molecule has 0 aliphatic carbocycles. The number of ether oxygens (including phenoxy) is 1. The highest BCUT2D eigenvalue weighted by Crippen LogP contribution is 2.26. The van der Waals surface area contributed by atoms with E-state index in [1.807, 2.05) is 18.2 Å². The van der Waals surface area contributed by atoms with Gasteiger partial charge in [0, 0.05) is 24.3 Å². The van der Waals surface area contributed by atoms with Gasteiger partial charge < -0.3 is 10.1 Å². The summed E-state index contributed by atoms with van der Waals surface area (Å²) in [5.74, 6) is 0.907. The van der Waals surface area contributed by atoms with Gasteiger partial charge in [0.05, 0.1) is 12.8 Å². The summed E-state index contributed by atoms with van der Waals surface area (Å²) in [6.07, 6.45) is 1.68. The summed E-state index contributed by atoms with van der Waals surface area (Å²) in [5, 5.41) is 11.4. The number of nitrogens with one attached hydrogen (secondary N) is 1. The molecule has 0 aliphatic heterocycles. The monoisotopic (exact) mass is 257 g/mol. The normalized spacial score (nSPS) is 12.2. The number of benzene rings is 1. The van der Waals surface area contributed by atoms with Crippen LogP contribution in [0.1, 0.15) is 29.8 Å². The molecule has 0 radical (unpaired) electrons. The summed E-state index contributed by atoms with van der Waals surface area (Å²) in [5.41, 5.74) is 3.32. The van der Waals surface area contributed by atoms with Gasteiger partial charge in [-0.1, -0.05) is 17.7 Å². The number of hydrogen-bond acceptors (Lipinski definition) is 4. The van der Waals surface area contributed by atoms with Gasteiger partial charge in [0.25, 0.3) is 0 Å². The summed E-state index contributed by atoms with van der Waals surface area (Å²) < 4.78 is 5.41. The fourth-order valence-electron chi connectivity index (χ4n) is 1.99. The second kappa shape index (κ2) is 6.29. The number of aryl methyl sites for hydroxylation is 1. The fourth-order valence-corrected chi connectivity index (χ4v) is 1.99. The molecular formula is C15H19N3O. The lowest BCUT2D eigenvalue weighted by atomic mass is 10.0. The van der Waals surface area contributed by atoms with E-state index in [-0.39, 0.29) is 6.04 Å². The van der Waals surface area contributed by atoms with Crippen LogP contribution < -0.4 is 10.1 Å². The smallest absolute Gasteiger partial charge is 0.123 e. The van der Waals surface area contributed by atoms with Crippen molar-refractivity contribution in [2.45, 2.75) is 26.4 Å². The zero-order valence-corrected chi connectivity index (χ0v) is 11.6. The van der Waals surface area contributed by atoms with Gasteiger partial charge in [0.1, 0.15) is 5.75 Å². The first kappa shape index (κ1) is 13.5. The van der Waals surface area contributed by atoms with E-state index in [9.17, 15) is 0 Å². The van der Waals surface area contributed by atoms with Crippen LogP contribution >= 0.6 is 0 Å². The molecule has 1 unspecified atom stereocenters. The van der Waals surface area contributed by atoms with Crippen molar-refractivity contribution in [3.8, 4) is 5.75 Å². The molecule has 2 rings (SSSR count). The van der Waals surface area contributed by atoms with Gasteiger partial charge in [-0.15, -0.1) is 0 Å². The first-order valence-corrected chi connectivity index (χ1v) is 6.35. The molecule has 19 heavy (non-hydrogen) atoms. The standard InChI is InChI=1S/C15H19N3O/c1-11-6-7-15(19-3)14(9-11)12(2)16-10-13-5-4-8-17-18-13/h4-9,12,16H,10H2,1-3H3. The molecule has 0 bridgehead atoms. The summed E-state index contributed by atoms with van der Waals surface area (Å²) in [6, 6.07) is 10.2. The van der Waals surface area contributed by atoms with E-state index < -0.39 is 0 Å². The van der Waals surface area contributed by atoms with Gasteiger partial charge in [0.2, 0.25) is 0 Å². The van der Waals surface area contributed by atoms with E-state index in [2.05, 4.69) is 41.5 Å². The van der Waals surface area contributed by atoms with E-state index in [0.717, 1.165) is 17.0 Å². The first-order chi connectivity index (χ1) is 9.20. The Labute approximate surface area is 113 Å². The highest BCUT2D eigenvalue weighted by Gasteiger charge is 2.11. The third-order valence-electron chi connectivity index (χ3n) is 3.07. The molecule has 4 nitrogen and oxygen atoms in total. The Bertz CT molecular complexity index is 528. The maximum atomic E-state index is 5.41. The lowest BCUT2D eigenvalue weighted by molar-refractivity contribution is 0.401. The maximum Gasteiger partial charge on any atom is 0.123 e. The van der Waals surface area contributed by atoms with Gasteiger partial charge in [-0.25, -0.2) is 0 Å². The summed E-state index contributed by atoms with van der Waals surface area (Å²) in [6.45, 7) is 4.89. The van der Waals surface area contributed by atoms with Crippen molar-refractivity contribution < 1.29 is 4.74 Å². The SMILES string of the molecule is COc1ccc(C)cc1C(C)NCc1cccnn1. The van der Waals surface area contributed by atoms with E-state index in [1.165, 1.54) is 5.56 Å². The first-order valence-electron chi connectivity index (χ1n) is 6.35. The van der Waals surface area contributed by atoms with Crippen molar-refractivity contribution in [1.82, 2.24) is 15.5 Å². The molecule has 0 saturated carbocycles. The van der Waals surface area contributed by atoms with Crippen LogP contribution in [0, 0.1) is 6.92 Å². The van der Waals surface area contributed by atoms with Gasteiger partial charge in [-0.3, -0.25) is 0 Å². The second-order valence-electron chi connectivity index (χ2n) is 4.56. The molecule has 0 amide bonds. The van der Waals surface area contributed by atoms with Crippen molar-refractivity contribution >= 4 is 0 Å². The van der Waals surface area contributed by atoms with E-state index >= 15 is 0 Å². The number of aromatic nitrogens is 2. The number of hydrogen-bond donors (Lipinski definition) is 1. The molecule has 1 heterocycles. The molecule has 1 aromatic heterocycles.